The highest BCUT2D eigenvalue weighted by Gasteiger charge is 2.41. The van der Waals surface area contributed by atoms with Crippen LogP contribution in [-0.2, 0) is 4.74 Å². The van der Waals surface area contributed by atoms with E-state index in [1.165, 1.54) is 6.92 Å². The molecule has 13 heavy (non-hydrogen) atoms. The van der Waals surface area contributed by atoms with Crippen LogP contribution in [-0.4, -0.2) is 31.7 Å². The summed E-state index contributed by atoms with van der Waals surface area (Å²) in [7, 11) is 0. The average Bonchev–Trinajstić information content (AvgIpc) is 2.03. The Kier molecular flexibility index (Phi) is 5.20. The number of rotatable bonds is 6. The predicted molar refractivity (Wildman–Crippen MR) is 37.0 cm³/mol. The minimum absolute atomic E-state index is 0.146. The summed E-state index contributed by atoms with van der Waals surface area (Å²) in [6.07, 6.45) is -6.11. The predicted octanol–water partition coefficient (Wildman–Crippen LogP) is 2.65. The molecule has 0 aromatic carbocycles. The van der Waals surface area contributed by atoms with E-state index < -0.39 is 31.5 Å². The second-order valence-corrected chi connectivity index (χ2v) is 2.47. The lowest BCUT2D eigenvalue weighted by Gasteiger charge is -2.23. The van der Waals surface area contributed by atoms with Crippen molar-refractivity contribution < 1.29 is 26.7 Å². The molecule has 0 amide bonds. The van der Waals surface area contributed by atoms with Crippen LogP contribution in [0.25, 0.3) is 0 Å². The molecule has 1 atom stereocenters. The fourth-order valence-corrected chi connectivity index (χ4v) is 0.811. The van der Waals surface area contributed by atoms with Crippen LogP contribution >= 0.6 is 0 Å². The second-order valence-electron chi connectivity index (χ2n) is 2.47. The molecule has 0 aromatic rings. The average molecular weight is 206 g/mol. The SMILES string of the molecule is CCOC(CC(F)F)C(F)(F)CF. The summed E-state index contributed by atoms with van der Waals surface area (Å²) in [5.74, 6) is -3.83. The van der Waals surface area contributed by atoms with Crippen LogP contribution < -0.4 is 0 Å². The molecule has 0 bridgehead atoms. The third-order valence-corrected chi connectivity index (χ3v) is 1.41. The van der Waals surface area contributed by atoms with Crippen LogP contribution in [0.15, 0.2) is 0 Å². The Balaban J connectivity index is 4.22. The first-order chi connectivity index (χ1) is 5.94. The van der Waals surface area contributed by atoms with E-state index in [4.69, 9.17) is 0 Å². The third kappa shape index (κ3) is 4.40. The molecule has 0 aliphatic rings. The number of halogens is 5. The van der Waals surface area contributed by atoms with Crippen LogP contribution in [0.2, 0.25) is 0 Å². The Bertz CT molecular complexity index is 139. The molecule has 1 unspecified atom stereocenters. The monoisotopic (exact) mass is 206 g/mol. The fraction of sp³-hybridized carbons (Fsp3) is 1.00. The molecule has 0 aromatic heterocycles. The van der Waals surface area contributed by atoms with E-state index in [9.17, 15) is 22.0 Å². The first-order valence-corrected chi connectivity index (χ1v) is 3.77. The van der Waals surface area contributed by atoms with E-state index in [0.717, 1.165) is 0 Å². The van der Waals surface area contributed by atoms with E-state index in [0.29, 0.717) is 0 Å². The van der Waals surface area contributed by atoms with Gasteiger partial charge in [0.2, 0.25) is 6.43 Å². The summed E-state index contributed by atoms with van der Waals surface area (Å²) in [6, 6.07) is 0. The molecule has 1 nitrogen and oxygen atoms in total. The summed E-state index contributed by atoms with van der Waals surface area (Å²) in [5.41, 5.74) is 0. The molecule has 0 rings (SSSR count). The van der Waals surface area contributed by atoms with Crippen LogP contribution in [0.5, 0.6) is 0 Å². The molecule has 0 saturated carbocycles. The highest BCUT2D eigenvalue weighted by molar-refractivity contribution is 4.78. The maximum atomic E-state index is 12.5. The van der Waals surface area contributed by atoms with Crippen LogP contribution in [0.3, 0.4) is 0 Å². The Morgan fingerprint density at radius 3 is 2.15 bits per heavy atom. The van der Waals surface area contributed by atoms with Crippen molar-refractivity contribution in [2.45, 2.75) is 31.8 Å². The van der Waals surface area contributed by atoms with Gasteiger partial charge >= 0.3 is 5.92 Å². The van der Waals surface area contributed by atoms with Gasteiger partial charge in [-0.3, -0.25) is 0 Å². The lowest BCUT2D eigenvalue weighted by Crippen LogP contribution is -2.39. The first-order valence-electron chi connectivity index (χ1n) is 3.77. The molecule has 0 fully saturated rings. The van der Waals surface area contributed by atoms with Gasteiger partial charge in [-0.05, 0) is 6.92 Å². The summed E-state index contributed by atoms with van der Waals surface area (Å²) < 4.78 is 64.6. The van der Waals surface area contributed by atoms with Gasteiger partial charge < -0.3 is 4.74 Å². The molecule has 0 spiro atoms. The molecule has 6 heteroatoms. The van der Waals surface area contributed by atoms with Gasteiger partial charge in [-0.25, -0.2) is 22.0 Å². The van der Waals surface area contributed by atoms with Crippen molar-refractivity contribution in [2.75, 3.05) is 13.3 Å². The Morgan fingerprint density at radius 2 is 1.85 bits per heavy atom. The van der Waals surface area contributed by atoms with Gasteiger partial charge in [0.05, 0.1) is 0 Å². The highest BCUT2D eigenvalue weighted by atomic mass is 19.3. The van der Waals surface area contributed by atoms with Gasteiger partial charge in [0.15, 0.2) is 6.67 Å². The van der Waals surface area contributed by atoms with Crippen molar-refractivity contribution in [1.29, 1.82) is 0 Å². The molecule has 0 N–H and O–H groups in total. The standard InChI is InChI=1S/C7H11F5O/c1-2-13-5(3-6(9)10)7(11,12)4-8/h5-6H,2-4H2,1H3. The van der Waals surface area contributed by atoms with Crippen molar-refractivity contribution in [3.8, 4) is 0 Å². The minimum atomic E-state index is -3.83. The van der Waals surface area contributed by atoms with Crippen LogP contribution in [0, 0.1) is 0 Å². The van der Waals surface area contributed by atoms with Crippen molar-refractivity contribution in [3.63, 3.8) is 0 Å². The van der Waals surface area contributed by atoms with Crippen molar-refractivity contribution in [3.05, 3.63) is 0 Å². The van der Waals surface area contributed by atoms with E-state index in [1.807, 2.05) is 0 Å². The Morgan fingerprint density at radius 1 is 1.31 bits per heavy atom. The second kappa shape index (κ2) is 5.36. The summed E-state index contributed by atoms with van der Waals surface area (Å²) in [6.45, 7) is -0.746. The van der Waals surface area contributed by atoms with E-state index in [1.54, 1.807) is 0 Å². The number of ether oxygens (including phenoxy) is 1. The zero-order chi connectivity index (χ0) is 10.5. The van der Waals surface area contributed by atoms with Gasteiger partial charge in [-0.15, -0.1) is 0 Å². The van der Waals surface area contributed by atoms with Crippen molar-refractivity contribution in [2.24, 2.45) is 0 Å². The van der Waals surface area contributed by atoms with Gasteiger partial charge in [-0.2, -0.15) is 0 Å². The molecular weight excluding hydrogens is 195 g/mol. The minimum Gasteiger partial charge on any atom is -0.372 e. The topological polar surface area (TPSA) is 9.23 Å². The van der Waals surface area contributed by atoms with Crippen LogP contribution in [0.4, 0.5) is 22.0 Å². The smallest absolute Gasteiger partial charge is 0.301 e. The van der Waals surface area contributed by atoms with Crippen molar-refractivity contribution >= 4 is 0 Å². The summed E-state index contributed by atoms with van der Waals surface area (Å²) in [5, 5.41) is 0. The van der Waals surface area contributed by atoms with E-state index in [-0.39, 0.29) is 6.61 Å². The summed E-state index contributed by atoms with van der Waals surface area (Å²) in [4.78, 5) is 0. The fourth-order valence-electron chi connectivity index (χ4n) is 0.811. The highest BCUT2D eigenvalue weighted by Crippen LogP contribution is 2.26. The normalized spacial score (nSPS) is 15.0. The molecule has 80 valence electrons. The van der Waals surface area contributed by atoms with Gasteiger partial charge in [0, 0.05) is 13.0 Å². The first kappa shape index (κ1) is 12.6. The van der Waals surface area contributed by atoms with Gasteiger partial charge in [0.1, 0.15) is 6.10 Å². The quantitative estimate of drug-likeness (QED) is 0.607. The molecule has 0 radical (unpaired) electrons. The zero-order valence-corrected chi connectivity index (χ0v) is 7.07. The van der Waals surface area contributed by atoms with E-state index >= 15 is 0 Å². The van der Waals surface area contributed by atoms with Crippen LogP contribution in [0.1, 0.15) is 13.3 Å². The third-order valence-electron chi connectivity index (χ3n) is 1.41. The molecule has 0 aliphatic heterocycles. The molecular formula is C7H11F5O. The number of hydrogen-bond acceptors (Lipinski definition) is 1. The maximum absolute atomic E-state index is 12.5. The van der Waals surface area contributed by atoms with Crippen molar-refractivity contribution in [1.82, 2.24) is 0 Å². The van der Waals surface area contributed by atoms with Gasteiger partial charge in [0.25, 0.3) is 0 Å². The van der Waals surface area contributed by atoms with E-state index in [2.05, 4.69) is 4.74 Å². The molecule has 0 aliphatic carbocycles. The maximum Gasteiger partial charge on any atom is 0.301 e. The Hall–Kier alpha value is -0.390. The number of hydrogen-bond donors (Lipinski definition) is 0. The summed E-state index contributed by atoms with van der Waals surface area (Å²) >= 11 is 0. The zero-order valence-electron chi connectivity index (χ0n) is 7.07. The molecule has 0 heterocycles. The molecule has 0 saturated heterocycles. The Labute approximate surface area is 72.9 Å². The van der Waals surface area contributed by atoms with Gasteiger partial charge in [-0.1, -0.05) is 0 Å². The lowest BCUT2D eigenvalue weighted by atomic mass is 10.1. The lowest BCUT2D eigenvalue weighted by molar-refractivity contribution is -0.158. The number of alkyl halides is 5. The largest absolute Gasteiger partial charge is 0.372 e.